The first-order valence-corrected chi connectivity index (χ1v) is 7.78. The molecule has 2 atom stereocenters. The van der Waals surface area contributed by atoms with Crippen LogP contribution in [-0.4, -0.2) is 19.0 Å². The van der Waals surface area contributed by atoms with Gasteiger partial charge < -0.3 is 10.6 Å². The molecule has 1 saturated carbocycles. The molecule has 1 aromatic rings. The molecule has 0 aromatic heterocycles. The maximum atomic E-state index is 13.8. The van der Waals surface area contributed by atoms with E-state index in [-0.39, 0.29) is 5.82 Å². The highest BCUT2D eigenvalue weighted by molar-refractivity contribution is 5.79. The van der Waals surface area contributed by atoms with Crippen LogP contribution in [0.25, 0.3) is 0 Å². The van der Waals surface area contributed by atoms with E-state index in [1.165, 1.54) is 25.0 Å². The highest BCUT2D eigenvalue weighted by atomic mass is 19.1. The number of nitriles is 1. The molecule has 1 aliphatic rings. The molecule has 4 nitrogen and oxygen atoms in total. The lowest BCUT2D eigenvalue weighted by atomic mass is 9.87. The first-order valence-electron chi connectivity index (χ1n) is 7.78. The van der Waals surface area contributed by atoms with Gasteiger partial charge in [-0.3, -0.25) is 4.99 Å². The number of nitrogens with zero attached hydrogens (tertiary/aromatic N) is 2. The maximum Gasteiger partial charge on any atom is 0.191 e. The summed E-state index contributed by atoms with van der Waals surface area (Å²) in [6.07, 6.45) is 4.80. The molecule has 0 saturated heterocycles. The van der Waals surface area contributed by atoms with E-state index in [0.717, 1.165) is 18.8 Å². The molecule has 1 fully saturated rings. The van der Waals surface area contributed by atoms with Crippen LogP contribution in [0.3, 0.4) is 0 Å². The Morgan fingerprint density at radius 3 is 2.95 bits per heavy atom. The Morgan fingerprint density at radius 1 is 1.45 bits per heavy atom. The average molecular weight is 302 g/mol. The normalized spacial score (nSPS) is 22.0. The van der Waals surface area contributed by atoms with Crippen molar-refractivity contribution in [3.63, 3.8) is 0 Å². The number of guanidine groups is 1. The molecule has 2 unspecified atom stereocenters. The van der Waals surface area contributed by atoms with E-state index < -0.39 is 0 Å². The second-order valence-corrected chi connectivity index (χ2v) is 5.96. The summed E-state index contributed by atoms with van der Waals surface area (Å²) in [6, 6.07) is 6.83. The fraction of sp³-hybridized carbons (Fsp3) is 0.529. The van der Waals surface area contributed by atoms with Crippen LogP contribution in [0.4, 0.5) is 4.39 Å². The summed E-state index contributed by atoms with van der Waals surface area (Å²) in [4.78, 5) is 4.20. The maximum absolute atomic E-state index is 13.8. The van der Waals surface area contributed by atoms with Crippen LogP contribution in [0.2, 0.25) is 0 Å². The summed E-state index contributed by atoms with van der Waals surface area (Å²) >= 11 is 0. The van der Waals surface area contributed by atoms with Crippen molar-refractivity contribution in [2.45, 2.75) is 45.2 Å². The molecule has 2 N–H and O–H groups in total. The molecule has 5 heteroatoms. The van der Waals surface area contributed by atoms with E-state index in [2.05, 4.69) is 22.5 Å². The van der Waals surface area contributed by atoms with Gasteiger partial charge in [-0.2, -0.15) is 5.26 Å². The Kier molecular flexibility index (Phi) is 5.76. The van der Waals surface area contributed by atoms with Crippen LogP contribution in [-0.2, 0) is 6.54 Å². The van der Waals surface area contributed by atoms with Gasteiger partial charge in [-0.1, -0.05) is 19.8 Å². The molecular formula is C17H23FN4. The van der Waals surface area contributed by atoms with Crippen molar-refractivity contribution in [1.29, 1.82) is 5.26 Å². The van der Waals surface area contributed by atoms with Gasteiger partial charge in [0.15, 0.2) is 5.96 Å². The van der Waals surface area contributed by atoms with Crippen LogP contribution < -0.4 is 10.6 Å². The smallest absolute Gasteiger partial charge is 0.191 e. The van der Waals surface area contributed by atoms with Gasteiger partial charge in [0.05, 0.1) is 11.6 Å². The second kappa shape index (κ2) is 7.79. The monoisotopic (exact) mass is 302 g/mol. The minimum absolute atomic E-state index is 0.309. The van der Waals surface area contributed by atoms with Crippen LogP contribution in [0.5, 0.6) is 0 Å². The van der Waals surface area contributed by atoms with Gasteiger partial charge in [0, 0.05) is 25.2 Å². The summed E-state index contributed by atoms with van der Waals surface area (Å²) in [5, 5.41) is 15.4. The van der Waals surface area contributed by atoms with Gasteiger partial charge in [0.2, 0.25) is 0 Å². The standard InChI is InChI=1S/C17H23FN4/c1-12-4-3-5-15(8-12)22-17(20-2)21-11-14-9-13(10-19)6-7-16(14)18/h6-7,9,12,15H,3-5,8,11H2,1-2H3,(H2,20,21,22). The molecule has 118 valence electrons. The van der Waals surface area contributed by atoms with Gasteiger partial charge >= 0.3 is 0 Å². The Labute approximate surface area is 131 Å². The van der Waals surface area contributed by atoms with E-state index in [9.17, 15) is 4.39 Å². The molecular weight excluding hydrogens is 279 g/mol. The number of aliphatic imine (C=N–C) groups is 1. The molecule has 2 rings (SSSR count). The fourth-order valence-electron chi connectivity index (χ4n) is 2.91. The molecule has 0 bridgehead atoms. The predicted molar refractivity (Wildman–Crippen MR) is 85.9 cm³/mol. The third-order valence-corrected chi connectivity index (χ3v) is 4.12. The Bertz CT molecular complexity index is 577. The molecule has 0 radical (unpaired) electrons. The van der Waals surface area contributed by atoms with E-state index in [1.807, 2.05) is 6.07 Å². The number of rotatable bonds is 3. The van der Waals surface area contributed by atoms with Crippen molar-refractivity contribution in [1.82, 2.24) is 10.6 Å². The zero-order valence-electron chi connectivity index (χ0n) is 13.2. The largest absolute Gasteiger partial charge is 0.354 e. The molecule has 0 amide bonds. The quantitative estimate of drug-likeness (QED) is 0.666. The third-order valence-electron chi connectivity index (χ3n) is 4.12. The molecule has 22 heavy (non-hydrogen) atoms. The van der Waals surface area contributed by atoms with Gasteiger partial charge in [0.25, 0.3) is 0 Å². The molecule has 0 spiro atoms. The molecule has 1 aliphatic carbocycles. The highest BCUT2D eigenvalue weighted by Gasteiger charge is 2.19. The lowest BCUT2D eigenvalue weighted by molar-refractivity contribution is 0.324. The summed E-state index contributed by atoms with van der Waals surface area (Å²) in [5.74, 6) is 1.10. The first-order chi connectivity index (χ1) is 10.6. The van der Waals surface area contributed by atoms with Gasteiger partial charge in [-0.25, -0.2) is 4.39 Å². The van der Waals surface area contributed by atoms with E-state index >= 15 is 0 Å². The second-order valence-electron chi connectivity index (χ2n) is 5.96. The lowest BCUT2D eigenvalue weighted by Gasteiger charge is -2.28. The minimum Gasteiger partial charge on any atom is -0.354 e. The minimum atomic E-state index is -0.312. The average Bonchev–Trinajstić information content (AvgIpc) is 2.52. The molecule has 0 aliphatic heterocycles. The van der Waals surface area contributed by atoms with E-state index in [4.69, 9.17) is 5.26 Å². The zero-order valence-corrected chi connectivity index (χ0v) is 13.2. The SMILES string of the molecule is CN=C(NCc1cc(C#N)ccc1F)NC1CCCC(C)C1. The van der Waals surface area contributed by atoms with Crippen LogP contribution >= 0.6 is 0 Å². The van der Waals surface area contributed by atoms with Crippen LogP contribution in [0, 0.1) is 23.1 Å². The zero-order chi connectivity index (χ0) is 15.9. The number of hydrogen-bond donors (Lipinski definition) is 2. The van der Waals surface area contributed by atoms with Crippen molar-refractivity contribution >= 4 is 5.96 Å². The fourth-order valence-corrected chi connectivity index (χ4v) is 2.91. The number of benzene rings is 1. The Balaban J connectivity index is 1.93. The molecule has 1 aromatic carbocycles. The predicted octanol–water partition coefficient (Wildman–Crippen LogP) is 2.94. The summed E-state index contributed by atoms with van der Waals surface area (Å²) < 4.78 is 13.8. The summed E-state index contributed by atoms with van der Waals surface area (Å²) in [5.41, 5.74) is 0.932. The number of nitrogens with one attached hydrogen (secondary N) is 2. The summed E-state index contributed by atoms with van der Waals surface area (Å²) in [6.45, 7) is 2.58. The van der Waals surface area contributed by atoms with Crippen molar-refractivity contribution in [2.24, 2.45) is 10.9 Å². The van der Waals surface area contributed by atoms with Crippen LogP contribution in [0.15, 0.2) is 23.2 Å². The van der Waals surface area contributed by atoms with Crippen molar-refractivity contribution < 1.29 is 4.39 Å². The van der Waals surface area contributed by atoms with E-state index in [0.29, 0.717) is 29.7 Å². The highest BCUT2D eigenvalue weighted by Crippen LogP contribution is 2.23. The van der Waals surface area contributed by atoms with Gasteiger partial charge in [-0.05, 0) is 37.0 Å². The molecule has 0 heterocycles. The van der Waals surface area contributed by atoms with Crippen LogP contribution in [0.1, 0.15) is 43.7 Å². The van der Waals surface area contributed by atoms with Crippen molar-refractivity contribution in [3.8, 4) is 6.07 Å². The van der Waals surface area contributed by atoms with Gasteiger partial charge in [-0.15, -0.1) is 0 Å². The first kappa shape index (κ1) is 16.3. The van der Waals surface area contributed by atoms with Crippen molar-refractivity contribution in [3.05, 3.63) is 35.1 Å². The van der Waals surface area contributed by atoms with Gasteiger partial charge in [0.1, 0.15) is 5.82 Å². The lowest BCUT2D eigenvalue weighted by Crippen LogP contribution is -2.44. The number of hydrogen-bond acceptors (Lipinski definition) is 2. The van der Waals surface area contributed by atoms with E-state index in [1.54, 1.807) is 13.1 Å². The Morgan fingerprint density at radius 2 is 2.27 bits per heavy atom. The number of halogens is 1. The topological polar surface area (TPSA) is 60.2 Å². The third kappa shape index (κ3) is 4.45. The summed E-state index contributed by atoms with van der Waals surface area (Å²) in [7, 11) is 1.71. The van der Waals surface area contributed by atoms with Crippen molar-refractivity contribution in [2.75, 3.05) is 7.05 Å². The Hall–Kier alpha value is -2.09.